The lowest BCUT2D eigenvalue weighted by Crippen LogP contribution is -2.48. The molecule has 0 aliphatic heterocycles. The van der Waals surface area contributed by atoms with Crippen LogP contribution in [0.4, 0.5) is 0 Å². The summed E-state index contributed by atoms with van der Waals surface area (Å²) in [5.41, 5.74) is 0. The number of aldehydes is 1. The van der Waals surface area contributed by atoms with Gasteiger partial charge in [0, 0.05) is 0 Å². The molecule has 0 aliphatic carbocycles. The monoisotopic (exact) mass is 194 g/mol. The van der Waals surface area contributed by atoms with Crippen LogP contribution in [0.25, 0.3) is 0 Å². The number of carbonyl (C=O) groups excluding carboxylic acids is 1. The van der Waals surface area contributed by atoms with Gasteiger partial charge in [-0.25, -0.2) is 0 Å². The summed E-state index contributed by atoms with van der Waals surface area (Å²) < 4.78 is 0. The molecular formula is C7H14O6. The highest BCUT2D eigenvalue weighted by molar-refractivity contribution is 5.56. The highest BCUT2D eigenvalue weighted by Gasteiger charge is 2.32. The molecule has 13 heavy (non-hydrogen) atoms. The minimum Gasteiger partial charge on any atom is -0.391 e. The molecule has 0 heterocycles. The Labute approximate surface area is 75.1 Å². The fourth-order valence-electron chi connectivity index (χ4n) is 0.770. The third-order valence-corrected chi connectivity index (χ3v) is 1.68. The minimum absolute atomic E-state index is 0.0304. The largest absolute Gasteiger partial charge is 0.391 e. The van der Waals surface area contributed by atoms with Gasteiger partial charge in [0.15, 0.2) is 6.29 Å². The second kappa shape index (κ2) is 5.25. The maximum Gasteiger partial charge on any atom is 0.151 e. The van der Waals surface area contributed by atoms with Crippen LogP contribution < -0.4 is 0 Å². The third kappa shape index (κ3) is 3.37. The molecule has 0 rings (SSSR count). The van der Waals surface area contributed by atoms with Gasteiger partial charge < -0.3 is 30.3 Å². The van der Waals surface area contributed by atoms with Crippen molar-refractivity contribution in [3.63, 3.8) is 0 Å². The van der Waals surface area contributed by atoms with Crippen molar-refractivity contribution in [1.82, 2.24) is 0 Å². The lowest BCUT2D eigenvalue weighted by Gasteiger charge is -2.25. The standard InChI is InChI=1S/C7H14O6/c1-3(9)5(11)7(13)6(12)4(10)2-8/h2-7,9-13H,1H3/t3-,4-,5+,6+,7+/m0/s1. The average Bonchev–Trinajstić information content (AvgIpc) is 2.12. The Morgan fingerprint density at radius 3 is 1.69 bits per heavy atom. The second-order valence-electron chi connectivity index (χ2n) is 2.84. The van der Waals surface area contributed by atoms with Crippen molar-refractivity contribution >= 4 is 6.29 Å². The highest BCUT2D eigenvalue weighted by atomic mass is 16.4. The van der Waals surface area contributed by atoms with E-state index in [2.05, 4.69) is 0 Å². The van der Waals surface area contributed by atoms with E-state index in [1.54, 1.807) is 0 Å². The van der Waals surface area contributed by atoms with Gasteiger partial charge >= 0.3 is 0 Å². The molecule has 0 aliphatic rings. The van der Waals surface area contributed by atoms with Crippen LogP contribution >= 0.6 is 0 Å². The number of aliphatic hydroxyl groups excluding tert-OH is 5. The smallest absolute Gasteiger partial charge is 0.151 e. The van der Waals surface area contributed by atoms with Crippen molar-refractivity contribution in [2.24, 2.45) is 0 Å². The lowest BCUT2D eigenvalue weighted by atomic mass is 10.0. The zero-order valence-electron chi connectivity index (χ0n) is 7.11. The summed E-state index contributed by atoms with van der Waals surface area (Å²) in [7, 11) is 0. The van der Waals surface area contributed by atoms with Crippen molar-refractivity contribution in [1.29, 1.82) is 0 Å². The molecule has 0 spiro atoms. The first-order valence-electron chi connectivity index (χ1n) is 3.77. The van der Waals surface area contributed by atoms with Gasteiger partial charge in [0.1, 0.15) is 24.4 Å². The Balaban J connectivity index is 4.23. The van der Waals surface area contributed by atoms with Crippen LogP contribution in [0.2, 0.25) is 0 Å². The van der Waals surface area contributed by atoms with E-state index in [9.17, 15) is 4.79 Å². The Bertz CT molecular complexity index is 159. The maximum atomic E-state index is 9.98. The van der Waals surface area contributed by atoms with Crippen LogP contribution in [-0.4, -0.2) is 62.3 Å². The van der Waals surface area contributed by atoms with E-state index >= 15 is 0 Å². The summed E-state index contributed by atoms with van der Waals surface area (Å²) in [4.78, 5) is 9.98. The van der Waals surface area contributed by atoms with Crippen molar-refractivity contribution in [3.05, 3.63) is 0 Å². The van der Waals surface area contributed by atoms with E-state index in [1.807, 2.05) is 0 Å². The highest BCUT2D eigenvalue weighted by Crippen LogP contribution is 2.06. The minimum atomic E-state index is -1.80. The first-order chi connectivity index (χ1) is 5.91. The van der Waals surface area contributed by atoms with Crippen molar-refractivity contribution in [2.45, 2.75) is 37.4 Å². The quantitative estimate of drug-likeness (QED) is 0.298. The number of rotatable bonds is 5. The molecule has 0 aromatic heterocycles. The van der Waals surface area contributed by atoms with Crippen LogP contribution in [0, 0.1) is 0 Å². The molecule has 0 unspecified atom stereocenters. The molecule has 5 N–H and O–H groups in total. The Morgan fingerprint density at radius 1 is 0.923 bits per heavy atom. The molecule has 0 fully saturated rings. The van der Waals surface area contributed by atoms with Gasteiger partial charge in [0.05, 0.1) is 6.10 Å². The van der Waals surface area contributed by atoms with Gasteiger partial charge in [-0.15, -0.1) is 0 Å². The van der Waals surface area contributed by atoms with Gasteiger partial charge in [0.2, 0.25) is 0 Å². The topological polar surface area (TPSA) is 118 Å². The predicted molar refractivity (Wildman–Crippen MR) is 41.8 cm³/mol. The predicted octanol–water partition coefficient (Wildman–Crippen LogP) is -2.99. The molecule has 0 saturated carbocycles. The van der Waals surface area contributed by atoms with Crippen LogP contribution in [0.1, 0.15) is 6.92 Å². The SMILES string of the molecule is C[C@H](O)[C@@H](O)[C@@H](O)[C@H](O)[C@@H](O)C=O. The molecular weight excluding hydrogens is 180 g/mol. The van der Waals surface area contributed by atoms with Gasteiger partial charge in [-0.2, -0.15) is 0 Å². The summed E-state index contributed by atoms with van der Waals surface area (Å²) in [5, 5.41) is 44.7. The van der Waals surface area contributed by atoms with Crippen molar-refractivity contribution < 1.29 is 30.3 Å². The fraction of sp³-hybridized carbons (Fsp3) is 0.857. The summed E-state index contributed by atoms with van der Waals surface area (Å²) in [6, 6.07) is 0. The molecule has 0 saturated heterocycles. The first kappa shape index (κ1) is 12.5. The second-order valence-corrected chi connectivity index (χ2v) is 2.84. The summed E-state index contributed by atoms with van der Waals surface area (Å²) in [5.74, 6) is 0. The van der Waals surface area contributed by atoms with Crippen molar-refractivity contribution in [3.8, 4) is 0 Å². The summed E-state index contributed by atoms with van der Waals surface area (Å²) in [6.45, 7) is 1.20. The van der Waals surface area contributed by atoms with Crippen molar-refractivity contribution in [2.75, 3.05) is 0 Å². The van der Waals surface area contributed by atoms with Crippen LogP contribution in [0.15, 0.2) is 0 Å². The zero-order chi connectivity index (χ0) is 10.6. The normalized spacial score (nSPS) is 22.9. The van der Waals surface area contributed by atoms with Gasteiger partial charge in [0.25, 0.3) is 0 Å². The Morgan fingerprint density at radius 2 is 1.38 bits per heavy atom. The molecule has 6 heteroatoms. The van der Waals surface area contributed by atoms with E-state index < -0.39 is 30.5 Å². The molecule has 78 valence electrons. The van der Waals surface area contributed by atoms with E-state index in [4.69, 9.17) is 25.5 Å². The van der Waals surface area contributed by atoms with E-state index in [0.29, 0.717) is 0 Å². The van der Waals surface area contributed by atoms with Gasteiger partial charge in [-0.1, -0.05) is 0 Å². The maximum absolute atomic E-state index is 9.98. The third-order valence-electron chi connectivity index (χ3n) is 1.68. The lowest BCUT2D eigenvalue weighted by molar-refractivity contribution is -0.142. The van der Waals surface area contributed by atoms with E-state index in [-0.39, 0.29) is 6.29 Å². The van der Waals surface area contributed by atoms with Gasteiger partial charge in [-0.3, -0.25) is 0 Å². The molecule has 0 radical (unpaired) electrons. The number of hydrogen-bond acceptors (Lipinski definition) is 6. The zero-order valence-corrected chi connectivity index (χ0v) is 7.11. The average molecular weight is 194 g/mol. The molecule has 5 atom stereocenters. The van der Waals surface area contributed by atoms with Crippen LogP contribution in [0.5, 0.6) is 0 Å². The molecule has 0 aromatic carbocycles. The van der Waals surface area contributed by atoms with E-state index in [0.717, 1.165) is 0 Å². The number of aliphatic hydroxyl groups is 5. The fourth-order valence-corrected chi connectivity index (χ4v) is 0.770. The Kier molecular flexibility index (Phi) is 5.04. The summed E-state index contributed by atoms with van der Waals surface area (Å²) >= 11 is 0. The number of hydrogen-bond donors (Lipinski definition) is 5. The molecule has 0 bridgehead atoms. The Hall–Kier alpha value is -0.530. The molecule has 0 amide bonds. The number of carbonyl (C=O) groups is 1. The molecule has 0 aromatic rings. The van der Waals surface area contributed by atoms with Crippen LogP contribution in [-0.2, 0) is 4.79 Å². The van der Waals surface area contributed by atoms with E-state index in [1.165, 1.54) is 6.92 Å². The summed E-state index contributed by atoms with van der Waals surface area (Å²) in [6.07, 6.45) is -8.18. The van der Waals surface area contributed by atoms with Gasteiger partial charge in [-0.05, 0) is 6.92 Å². The first-order valence-corrected chi connectivity index (χ1v) is 3.77. The molecule has 6 nitrogen and oxygen atoms in total. The van der Waals surface area contributed by atoms with Crippen LogP contribution in [0.3, 0.4) is 0 Å².